The van der Waals surface area contributed by atoms with Crippen LogP contribution in [0.3, 0.4) is 0 Å². The maximum atomic E-state index is 13.0. The SMILES string of the molecule is COC1(C)CCN(C2=C(C#N)C(=O)Cc3cnc(C(=O)CC4CCN(C)CC4)cc32)CC1. The van der Waals surface area contributed by atoms with Gasteiger partial charge in [-0.05, 0) is 70.3 Å². The van der Waals surface area contributed by atoms with Gasteiger partial charge in [-0.1, -0.05) is 0 Å². The van der Waals surface area contributed by atoms with Gasteiger partial charge < -0.3 is 14.5 Å². The van der Waals surface area contributed by atoms with Crippen molar-refractivity contribution >= 4 is 17.3 Å². The highest BCUT2D eigenvalue weighted by molar-refractivity contribution is 6.10. The van der Waals surface area contributed by atoms with Crippen LogP contribution in [-0.4, -0.2) is 72.3 Å². The number of rotatable bonds is 5. The summed E-state index contributed by atoms with van der Waals surface area (Å²) < 4.78 is 5.66. The minimum absolute atomic E-state index is 0.0442. The monoisotopic (exact) mass is 436 g/mol. The number of carbonyl (C=O) groups is 2. The first-order chi connectivity index (χ1) is 15.3. The Bertz CT molecular complexity index is 977. The summed E-state index contributed by atoms with van der Waals surface area (Å²) in [5.74, 6) is 0.251. The Morgan fingerprint density at radius 1 is 1.28 bits per heavy atom. The number of pyridine rings is 1. The number of allylic oxidation sites excluding steroid dienone is 1. The van der Waals surface area contributed by atoms with Crippen LogP contribution in [0, 0.1) is 17.2 Å². The van der Waals surface area contributed by atoms with Crippen LogP contribution in [0.15, 0.2) is 17.8 Å². The number of aromatic nitrogens is 1. The second-order valence-electron chi connectivity index (χ2n) is 9.68. The Kier molecular flexibility index (Phi) is 6.45. The van der Waals surface area contributed by atoms with Gasteiger partial charge in [-0.25, -0.2) is 0 Å². The van der Waals surface area contributed by atoms with Crippen LogP contribution in [0.5, 0.6) is 0 Å². The average Bonchev–Trinajstić information content (AvgIpc) is 2.80. The Morgan fingerprint density at radius 2 is 1.97 bits per heavy atom. The van der Waals surface area contributed by atoms with Crippen molar-refractivity contribution in [2.24, 2.45) is 5.92 Å². The van der Waals surface area contributed by atoms with Crippen molar-refractivity contribution in [2.45, 2.75) is 51.0 Å². The van der Waals surface area contributed by atoms with E-state index in [0.717, 1.165) is 49.9 Å². The molecule has 3 heterocycles. The summed E-state index contributed by atoms with van der Waals surface area (Å²) in [7, 11) is 3.84. The number of nitriles is 1. The van der Waals surface area contributed by atoms with E-state index in [4.69, 9.17) is 4.74 Å². The van der Waals surface area contributed by atoms with Gasteiger partial charge in [0, 0.05) is 44.8 Å². The lowest BCUT2D eigenvalue weighted by atomic mass is 9.85. The molecule has 0 radical (unpaired) electrons. The number of hydrogen-bond acceptors (Lipinski definition) is 7. The third-order valence-electron chi connectivity index (χ3n) is 7.45. The molecule has 0 N–H and O–H groups in total. The normalized spacial score (nSPS) is 21.9. The first-order valence-corrected chi connectivity index (χ1v) is 11.5. The van der Waals surface area contributed by atoms with Gasteiger partial charge in [0.05, 0.1) is 11.3 Å². The van der Waals surface area contributed by atoms with Crippen molar-refractivity contribution in [3.05, 3.63) is 34.7 Å². The lowest BCUT2D eigenvalue weighted by Crippen LogP contribution is -2.43. The summed E-state index contributed by atoms with van der Waals surface area (Å²) in [5, 5.41) is 9.79. The van der Waals surface area contributed by atoms with E-state index in [-0.39, 0.29) is 29.2 Å². The van der Waals surface area contributed by atoms with Crippen LogP contribution in [0.4, 0.5) is 0 Å². The second-order valence-corrected chi connectivity index (χ2v) is 9.68. The van der Waals surface area contributed by atoms with Crippen LogP contribution < -0.4 is 0 Å². The molecule has 2 saturated heterocycles. The fourth-order valence-electron chi connectivity index (χ4n) is 5.01. The van der Waals surface area contributed by atoms with E-state index in [9.17, 15) is 14.9 Å². The topological polar surface area (TPSA) is 86.5 Å². The van der Waals surface area contributed by atoms with Gasteiger partial charge in [-0.3, -0.25) is 14.6 Å². The van der Waals surface area contributed by atoms with E-state index in [1.165, 1.54) is 0 Å². The molecule has 1 aromatic heterocycles. The molecule has 0 unspecified atom stereocenters. The highest BCUT2D eigenvalue weighted by atomic mass is 16.5. The summed E-state index contributed by atoms with van der Waals surface area (Å²) >= 11 is 0. The smallest absolute Gasteiger partial charge is 0.181 e. The van der Waals surface area contributed by atoms with Crippen molar-refractivity contribution in [3.8, 4) is 6.07 Å². The van der Waals surface area contributed by atoms with E-state index < -0.39 is 0 Å². The van der Waals surface area contributed by atoms with Gasteiger partial charge in [0.15, 0.2) is 11.6 Å². The third kappa shape index (κ3) is 4.48. The molecular formula is C25H32N4O3. The number of fused-ring (bicyclic) bond motifs is 1. The van der Waals surface area contributed by atoms with Crippen molar-refractivity contribution in [3.63, 3.8) is 0 Å². The van der Waals surface area contributed by atoms with Crippen molar-refractivity contribution in [1.82, 2.24) is 14.8 Å². The number of likely N-dealkylation sites (tertiary alicyclic amines) is 2. The van der Waals surface area contributed by atoms with E-state index in [2.05, 4.69) is 34.8 Å². The zero-order chi connectivity index (χ0) is 22.9. The number of piperidine rings is 2. The van der Waals surface area contributed by atoms with Crippen LogP contribution in [0.25, 0.3) is 5.70 Å². The summed E-state index contributed by atoms with van der Waals surface area (Å²) in [6, 6.07) is 3.96. The maximum Gasteiger partial charge on any atom is 0.181 e. The molecule has 170 valence electrons. The molecule has 0 atom stereocenters. The molecule has 0 spiro atoms. The Labute approximate surface area is 190 Å². The van der Waals surface area contributed by atoms with E-state index in [1.807, 2.05) is 6.07 Å². The summed E-state index contributed by atoms with van der Waals surface area (Å²) in [6.07, 6.45) is 5.98. The number of ether oxygens (including phenoxy) is 1. The highest BCUT2D eigenvalue weighted by Gasteiger charge is 2.35. The quantitative estimate of drug-likeness (QED) is 0.656. The number of carbonyl (C=O) groups excluding carboxylic acids is 2. The molecule has 3 aliphatic rings. The molecule has 0 amide bonds. The van der Waals surface area contributed by atoms with E-state index >= 15 is 0 Å². The number of ketones is 2. The van der Waals surface area contributed by atoms with Gasteiger partial charge >= 0.3 is 0 Å². The third-order valence-corrected chi connectivity index (χ3v) is 7.45. The molecule has 0 bridgehead atoms. The molecule has 7 heteroatoms. The van der Waals surface area contributed by atoms with E-state index in [1.54, 1.807) is 13.3 Å². The van der Waals surface area contributed by atoms with Crippen LogP contribution in [0.1, 0.15) is 60.6 Å². The largest absolute Gasteiger partial charge is 0.378 e. The van der Waals surface area contributed by atoms with Gasteiger partial charge in [0.2, 0.25) is 0 Å². The first kappa shape index (κ1) is 22.6. The maximum absolute atomic E-state index is 13.0. The number of nitrogens with zero attached hydrogens (tertiary/aromatic N) is 4. The van der Waals surface area contributed by atoms with Gasteiger partial charge in [0.25, 0.3) is 0 Å². The molecule has 2 fully saturated rings. The minimum atomic E-state index is -0.196. The first-order valence-electron chi connectivity index (χ1n) is 11.5. The second kappa shape index (κ2) is 9.13. The number of methoxy groups -OCH3 is 1. The van der Waals surface area contributed by atoms with E-state index in [0.29, 0.717) is 36.8 Å². The molecular weight excluding hydrogens is 404 g/mol. The van der Waals surface area contributed by atoms with Crippen molar-refractivity contribution < 1.29 is 14.3 Å². The molecule has 0 aromatic carbocycles. The predicted octanol–water partition coefficient (Wildman–Crippen LogP) is 2.86. The van der Waals surface area contributed by atoms with Gasteiger partial charge in [-0.15, -0.1) is 0 Å². The van der Waals surface area contributed by atoms with Crippen LogP contribution >= 0.6 is 0 Å². The molecule has 1 aliphatic carbocycles. The molecule has 4 rings (SSSR count). The summed E-state index contributed by atoms with van der Waals surface area (Å²) in [5.41, 5.74) is 2.69. The Hall–Kier alpha value is -2.56. The van der Waals surface area contributed by atoms with Crippen molar-refractivity contribution in [2.75, 3.05) is 40.3 Å². The molecule has 7 nitrogen and oxygen atoms in total. The zero-order valence-corrected chi connectivity index (χ0v) is 19.3. The van der Waals surface area contributed by atoms with Gasteiger partial charge in [-0.2, -0.15) is 5.26 Å². The lowest BCUT2D eigenvalue weighted by molar-refractivity contribution is -0.114. The molecule has 0 saturated carbocycles. The zero-order valence-electron chi connectivity index (χ0n) is 19.3. The number of Topliss-reactive ketones (excluding diaryl/α,β-unsaturated/α-hetero) is 2. The number of hydrogen-bond donors (Lipinski definition) is 0. The lowest BCUT2D eigenvalue weighted by Gasteiger charge is -2.41. The van der Waals surface area contributed by atoms with Crippen LogP contribution in [0.2, 0.25) is 0 Å². The molecule has 1 aromatic rings. The minimum Gasteiger partial charge on any atom is -0.378 e. The predicted molar refractivity (Wildman–Crippen MR) is 121 cm³/mol. The summed E-state index contributed by atoms with van der Waals surface area (Å²) in [6.45, 7) is 5.52. The average molecular weight is 437 g/mol. The molecule has 32 heavy (non-hydrogen) atoms. The fraction of sp³-hybridized carbons (Fsp3) is 0.600. The van der Waals surface area contributed by atoms with Crippen molar-refractivity contribution in [1.29, 1.82) is 5.26 Å². The fourth-order valence-corrected chi connectivity index (χ4v) is 5.01. The molecule has 2 aliphatic heterocycles. The van der Waals surface area contributed by atoms with Gasteiger partial charge in [0.1, 0.15) is 17.3 Å². The highest BCUT2D eigenvalue weighted by Crippen LogP contribution is 2.36. The summed E-state index contributed by atoms with van der Waals surface area (Å²) in [4.78, 5) is 34.6. The Morgan fingerprint density at radius 3 is 2.59 bits per heavy atom. The standard InChI is InChI=1S/C25H32N4O3/c1-25(32-3)6-10-29(11-7-25)24-19-14-21(23(31)12-17-4-8-28(2)9-5-17)27-16-18(19)13-22(30)20(24)15-26/h14,16-17H,4-13H2,1-3H3. The Balaban J connectivity index is 1.61. The van der Waals surface area contributed by atoms with Crippen LogP contribution in [-0.2, 0) is 16.0 Å².